The largest absolute Gasteiger partial charge is 0.495 e. The molecule has 0 unspecified atom stereocenters. The molecule has 0 spiro atoms. The Morgan fingerprint density at radius 2 is 1.92 bits per heavy atom. The number of rotatable bonds is 5. The molecule has 26 heavy (non-hydrogen) atoms. The molecule has 0 aromatic heterocycles. The van der Waals surface area contributed by atoms with Gasteiger partial charge in [0.05, 0.1) is 7.11 Å². The predicted octanol–water partition coefficient (Wildman–Crippen LogP) is 2.91. The van der Waals surface area contributed by atoms with E-state index in [0.717, 1.165) is 0 Å². The normalized spacial score (nSPS) is 17.1. The van der Waals surface area contributed by atoms with Gasteiger partial charge in [0, 0.05) is 30.6 Å². The van der Waals surface area contributed by atoms with Crippen molar-refractivity contribution in [1.82, 2.24) is 9.62 Å². The van der Waals surface area contributed by atoms with Crippen LogP contribution in [0.1, 0.15) is 33.6 Å². The van der Waals surface area contributed by atoms with Crippen LogP contribution in [0.15, 0.2) is 23.1 Å². The Balaban J connectivity index is 2.05. The molecule has 1 saturated heterocycles. The van der Waals surface area contributed by atoms with Gasteiger partial charge >= 0.3 is 0 Å². The van der Waals surface area contributed by atoms with Gasteiger partial charge in [0.25, 0.3) is 0 Å². The molecule has 0 atom stereocenters. The monoisotopic (exact) mass is 402 g/mol. The van der Waals surface area contributed by atoms with E-state index in [1.165, 1.54) is 17.5 Å². The van der Waals surface area contributed by atoms with Gasteiger partial charge in [-0.05, 0) is 36.5 Å². The molecule has 0 bridgehead atoms. The Kier molecular flexibility index (Phi) is 6.58. The zero-order chi connectivity index (χ0) is 19.5. The van der Waals surface area contributed by atoms with E-state index in [1.807, 2.05) is 0 Å². The SMILES string of the molecule is COc1ccc(Cl)cc1S(=O)(=O)N1CCC(C(=O)NCC(C)(C)C)CC1. The number of nitrogens with one attached hydrogen (secondary N) is 1. The second-order valence-electron chi connectivity index (χ2n) is 7.75. The molecule has 1 aromatic carbocycles. The van der Waals surface area contributed by atoms with Crippen molar-refractivity contribution in [1.29, 1.82) is 0 Å². The molecule has 1 aliphatic heterocycles. The van der Waals surface area contributed by atoms with E-state index in [2.05, 4.69) is 26.1 Å². The van der Waals surface area contributed by atoms with Gasteiger partial charge in [-0.25, -0.2) is 8.42 Å². The molecule has 6 nitrogen and oxygen atoms in total. The minimum atomic E-state index is -3.72. The Bertz CT molecular complexity index is 751. The van der Waals surface area contributed by atoms with Crippen molar-refractivity contribution in [2.24, 2.45) is 11.3 Å². The lowest BCUT2D eigenvalue weighted by Gasteiger charge is -2.31. The number of hydrogen-bond acceptors (Lipinski definition) is 4. The number of ether oxygens (including phenoxy) is 1. The Labute approximate surface area is 160 Å². The molecule has 0 saturated carbocycles. The number of halogens is 1. The van der Waals surface area contributed by atoms with Crippen molar-refractivity contribution in [3.63, 3.8) is 0 Å². The fourth-order valence-corrected chi connectivity index (χ4v) is 4.73. The van der Waals surface area contributed by atoms with Crippen LogP contribution in [0.5, 0.6) is 5.75 Å². The molecule has 1 aromatic rings. The predicted molar refractivity (Wildman–Crippen MR) is 102 cm³/mol. The molecule has 1 fully saturated rings. The highest BCUT2D eigenvalue weighted by Gasteiger charge is 2.34. The highest BCUT2D eigenvalue weighted by atomic mass is 35.5. The zero-order valence-corrected chi connectivity index (χ0v) is 17.3. The van der Waals surface area contributed by atoms with Crippen LogP contribution in [0.3, 0.4) is 0 Å². The van der Waals surface area contributed by atoms with E-state index >= 15 is 0 Å². The van der Waals surface area contributed by atoms with E-state index in [1.54, 1.807) is 12.1 Å². The van der Waals surface area contributed by atoms with Gasteiger partial charge in [-0.2, -0.15) is 4.31 Å². The minimum absolute atomic E-state index is 0.00249. The van der Waals surface area contributed by atoms with E-state index in [0.29, 0.717) is 37.5 Å². The van der Waals surface area contributed by atoms with E-state index < -0.39 is 10.0 Å². The third-order valence-corrected chi connectivity index (χ3v) is 6.52. The minimum Gasteiger partial charge on any atom is -0.495 e. The highest BCUT2D eigenvalue weighted by Crippen LogP contribution is 2.31. The third kappa shape index (κ3) is 5.11. The fourth-order valence-electron chi connectivity index (χ4n) is 2.85. The van der Waals surface area contributed by atoms with Crippen LogP contribution in [0.4, 0.5) is 0 Å². The Morgan fingerprint density at radius 1 is 1.31 bits per heavy atom. The maximum absolute atomic E-state index is 12.9. The van der Waals surface area contributed by atoms with Gasteiger partial charge in [-0.3, -0.25) is 4.79 Å². The number of nitrogens with zero attached hydrogens (tertiary/aromatic N) is 1. The number of carbonyl (C=O) groups excluding carboxylic acids is 1. The number of sulfonamides is 1. The number of carbonyl (C=O) groups is 1. The first-order valence-electron chi connectivity index (χ1n) is 8.66. The Morgan fingerprint density at radius 3 is 2.46 bits per heavy atom. The summed E-state index contributed by atoms with van der Waals surface area (Å²) < 4.78 is 32.4. The average Bonchev–Trinajstić information content (AvgIpc) is 2.59. The zero-order valence-electron chi connectivity index (χ0n) is 15.7. The number of benzene rings is 1. The van der Waals surface area contributed by atoms with Crippen molar-refractivity contribution >= 4 is 27.5 Å². The van der Waals surface area contributed by atoms with Gasteiger partial charge in [0.2, 0.25) is 15.9 Å². The van der Waals surface area contributed by atoms with Gasteiger partial charge in [-0.1, -0.05) is 32.4 Å². The number of amides is 1. The molecule has 1 aliphatic rings. The topological polar surface area (TPSA) is 75.7 Å². The third-order valence-electron chi connectivity index (χ3n) is 4.36. The summed E-state index contributed by atoms with van der Waals surface area (Å²) >= 11 is 5.96. The molecule has 2 rings (SSSR count). The highest BCUT2D eigenvalue weighted by molar-refractivity contribution is 7.89. The summed E-state index contributed by atoms with van der Waals surface area (Å²) in [5, 5.41) is 3.29. The lowest BCUT2D eigenvalue weighted by molar-refractivity contribution is -0.126. The molecule has 1 heterocycles. The van der Waals surface area contributed by atoms with Gasteiger partial charge < -0.3 is 10.1 Å². The lowest BCUT2D eigenvalue weighted by Crippen LogP contribution is -2.44. The Hall–Kier alpha value is -1.31. The van der Waals surface area contributed by atoms with Crippen molar-refractivity contribution in [3.05, 3.63) is 23.2 Å². The van der Waals surface area contributed by atoms with Crippen molar-refractivity contribution in [2.75, 3.05) is 26.7 Å². The molecular weight excluding hydrogens is 376 g/mol. The summed E-state index contributed by atoms with van der Waals surface area (Å²) in [4.78, 5) is 12.4. The van der Waals surface area contributed by atoms with Crippen LogP contribution in [0.25, 0.3) is 0 Å². The lowest BCUT2D eigenvalue weighted by atomic mass is 9.94. The number of hydrogen-bond donors (Lipinski definition) is 1. The second-order valence-corrected chi connectivity index (χ2v) is 10.1. The summed E-state index contributed by atoms with van der Waals surface area (Å²) in [6.45, 7) is 7.36. The molecule has 1 N–H and O–H groups in total. The first-order chi connectivity index (χ1) is 12.0. The quantitative estimate of drug-likeness (QED) is 0.821. The van der Waals surface area contributed by atoms with Gasteiger partial charge in [0.1, 0.15) is 10.6 Å². The molecule has 1 amide bonds. The van der Waals surface area contributed by atoms with Crippen LogP contribution in [-0.2, 0) is 14.8 Å². The first kappa shape index (κ1) is 21.0. The van der Waals surface area contributed by atoms with Crippen LogP contribution >= 0.6 is 11.6 Å². The van der Waals surface area contributed by atoms with E-state index in [-0.39, 0.29) is 27.9 Å². The first-order valence-corrected chi connectivity index (χ1v) is 10.5. The summed E-state index contributed by atoms with van der Waals surface area (Å²) in [5.41, 5.74) is 0.0167. The maximum atomic E-state index is 12.9. The van der Waals surface area contributed by atoms with Crippen molar-refractivity contribution < 1.29 is 17.9 Å². The van der Waals surface area contributed by atoms with Crippen LogP contribution in [0, 0.1) is 11.3 Å². The standard InChI is InChI=1S/C18H27ClN2O4S/c1-18(2,3)12-20-17(22)13-7-9-21(10-8-13)26(23,24)16-11-14(19)5-6-15(16)25-4/h5-6,11,13H,7-10,12H2,1-4H3,(H,20,22). The smallest absolute Gasteiger partial charge is 0.246 e. The van der Waals surface area contributed by atoms with Crippen LogP contribution < -0.4 is 10.1 Å². The van der Waals surface area contributed by atoms with Crippen molar-refractivity contribution in [3.8, 4) is 5.75 Å². The molecular formula is C18H27ClN2O4S. The number of piperidine rings is 1. The van der Waals surface area contributed by atoms with Crippen LogP contribution in [-0.4, -0.2) is 45.4 Å². The second kappa shape index (κ2) is 8.15. The number of methoxy groups -OCH3 is 1. The summed E-state index contributed by atoms with van der Waals surface area (Å²) in [6, 6.07) is 4.53. The van der Waals surface area contributed by atoms with E-state index in [4.69, 9.17) is 16.3 Å². The molecule has 0 aliphatic carbocycles. The van der Waals surface area contributed by atoms with Crippen LogP contribution in [0.2, 0.25) is 5.02 Å². The van der Waals surface area contributed by atoms with Gasteiger partial charge in [0.15, 0.2) is 0 Å². The molecule has 146 valence electrons. The molecule has 0 radical (unpaired) electrons. The van der Waals surface area contributed by atoms with Crippen molar-refractivity contribution in [2.45, 2.75) is 38.5 Å². The summed E-state index contributed by atoms with van der Waals surface area (Å²) in [5.74, 6) is 0.0989. The maximum Gasteiger partial charge on any atom is 0.246 e. The summed E-state index contributed by atoms with van der Waals surface area (Å²) in [6.07, 6.45) is 0.996. The average molecular weight is 403 g/mol. The fraction of sp³-hybridized carbons (Fsp3) is 0.611. The van der Waals surface area contributed by atoms with Gasteiger partial charge in [-0.15, -0.1) is 0 Å². The summed E-state index contributed by atoms with van der Waals surface area (Å²) in [7, 11) is -2.30. The van der Waals surface area contributed by atoms with E-state index in [9.17, 15) is 13.2 Å². The molecule has 8 heteroatoms.